The van der Waals surface area contributed by atoms with Crippen molar-refractivity contribution in [2.45, 2.75) is 78.4 Å². The Bertz CT molecular complexity index is 965. The predicted octanol–water partition coefficient (Wildman–Crippen LogP) is 3.59. The van der Waals surface area contributed by atoms with Crippen LogP contribution in [0.3, 0.4) is 0 Å². The Hall–Kier alpha value is -2.84. The normalized spacial score (nSPS) is 17.4. The molecule has 0 bridgehead atoms. The monoisotopic (exact) mass is 445 g/mol. The summed E-state index contributed by atoms with van der Waals surface area (Å²) in [5.74, 6) is 0.182. The number of carbonyl (C=O) groups excluding carboxylic acids is 2. The Morgan fingerprint density at radius 3 is 2.72 bits per heavy atom. The molecule has 0 spiro atoms. The number of esters is 1. The summed E-state index contributed by atoms with van der Waals surface area (Å²) in [6, 6.07) is 1.79. The number of nitrogens with one attached hydrogen (secondary N) is 1. The molecule has 3 heterocycles. The summed E-state index contributed by atoms with van der Waals surface area (Å²) in [6.45, 7) is 13.0. The highest BCUT2D eigenvalue weighted by atomic mass is 16.6. The van der Waals surface area contributed by atoms with E-state index in [-0.39, 0.29) is 12.0 Å². The maximum Gasteiger partial charge on any atom is 0.407 e. The number of hydrogen-bond acceptors (Lipinski definition) is 7. The molecule has 1 N–H and O–H groups in total. The molecule has 0 radical (unpaired) electrons. The van der Waals surface area contributed by atoms with Gasteiger partial charge in [-0.2, -0.15) is 9.61 Å². The minimum atomic E-state index is -0.550. The zero-order valence-electron chi connectivity index (χ0n) is 20.0. The molecule has 2 aromatic heterocycles. The zero-order chi connectivity index (χ0) is 23.5. The second kappa shape index (κ2) is 9.75. The smallest absolute Gasteiger partial charge is 0.407 e. The number of ether oxygens (including phenoxy) is 2. The first-order valence-electron chi connectivity index (χ1n) is 11.4. The molecule has 1 aliphatic rings. The summed E-state index contributed by atoms with van der Waals surface area (Å²) < 4.78 is 12.6. The maximum atomic E-state index is 12.9. The molecule has 9 nitrogen and oxygen atoms in total. The molecule has 2 aromatic rings. The van der Waals surface area contributed by atoms with Crippen LogP contribution in [-0.4, -0.2) is 58.0 Å². The molecule has 3 rings (SSSR count). The quantitative estimate of drug-likeness (QED) is 0.650. The minimum Gasteiger partial charge on any atom is -0.466 e. The Kier molecular flexibility index (Phi) is 7.26. The fourth-order valence-electron chi connectivity index (χ4n) is 4.22. The minimum absolute atomic E-state index is 0.0657. The fraction of sp³-hybridized carbons (Fsp3) is 0.652. The van der Waals surface area contributed by atoms with Gasteiger partial charge in [0.15, 0.2) is 5.65 Å². The average Bonchev–Trinajstić information content (AvgIpc) is 3.33. The Morgan fingerprint density at radius 2 is 2.06 bits per heavy atom. The van der Waals surface area contributed by atoms with Crippen LogP contribution < -0.4 is 10.2 Å². The summed E-state index contributed by atoms with van der Waals surface area (Å²) in [5, 5.41) is 7.46. The third-order valence-corrected chi connectivity index (χ3v) is 5.44. The molecule has 1 saturated heterocycles. The standard InChI is InChI=1S/C23H35N5O4/c1-7-9-17(21(29)31-8-2)19-15(3)25-18-10-12-24-28(18)20(19)27-13-11-16(14-27)26-22(30)32-23(4,5)6/h10,12,16-17H,7-9,11,13-14H2,1-6H3,(H,26,30)/t16-,17?/m1/s1. The summed E-state index contributed by atoms with van der Waals surface area (Å²) in [5.41, 5.74) is 1.82. The van der Waals surface area contributed by atoms with E-state index in [4.69, 9.17) is 14.5 Å². The number of carbonyl (C=O) groups is 2. The van der Waals surface area contributed by atoms with E-state index in [2.05, 4.69) is 22.2 Å². The molecule has 1 unspecified atom stereocenters. The van der Waals surface area contributed by atoms with Crippen LogP contribution in [0.5, 0.6) is 0 Å². The lowest BCUT2D eigenvalue weighted by atomic mass is 9.93. The molecule has 32 heavy (non-hydrogen) atoms. The van der Waals surface area contributed by atoms with Gasteiger partial charge in [-0.05, 0) is 47.5 Å². The van der Waals surface area contributed by atoms with Crippen LogP contribution in [0.25, 0.3) is 5.65 Å². The van der Waals surface area contributed by atoms with Gasteiger partial charge in [-0.3, -0.25) is 4.79 Å². The first-order valence-corrected chi connectivity index (χ1v) is 11.4. The van der Waals surface area contributed by atoms with Crippen LogP contribution in [0, 0.1) is 6.92 Å². The van der Waals surface area contributed by atoms with Crippen LogP contribution in [0.1, 0.15) is 71.1 Å². The summed E-state index contributed by atoms with van der Waals surface area (Å²) in [6.07, 6.45) is 3.55. The van der Waals surface area contributed by atoms with E-state index in [1.54, 1.807) is 10.7 Å². The number of aryl methyl sites for hydroxylation is 1. The van der Waals surface area contributed by atoms with Gasteiger partial charge >= 0.3 is 12.1 Å². The van der Waals surface area contributed by atoms with Crippen LogP contribution in [0.4, 0.5) is 10.6 Å². The number of alkyl carbamates (subject to hydrolysis) is 1. The zero-order valence-corrected chi connectivity index (χ0v) is 20.0. The molecular formula is C23H35N5O4. The van der Waals surface area contributed by atoms with E-state index >= 15 is 0 Å². The second-order valence-electron chi connectivity index (χ2n) is 9.21. The van der Waals surface area contributed by atoms with Gasteiger partial charge in [0.1, 0.15) is 11.4 Å². The van der Waals surface area contributed by atoms with E-state index in [0.29, 0.717) is 26.1 Å². The Labute approximate surface area is 189 Å². The molecule has 176 valence electrons. The highest BCUT2D eigenvalue weighted by Gasteiger charge is 2.34. The number of hydrogen-bond donors (Lipinski definition) is 1. The third-order valence-electron chi connectivity index (χ3n) is 5.44. The van der Waals surface area contributed by atoms with Gasteiger partial charge in [0.2, 0.25) is 0 Å². The van der Waals surface area contributed by atoms with Crippen LogP contribution in [0.15, 0.2) is 12.3 Å². The molecule has 1 fully saturated rings. The number of amides is 1. The SMILES string of the molecule is CCCC(C(=O)OCC)c1c(C)nc2ccnn2c1N1CC[C@@H](NC(=O)OC(C)(C)C)C1. The molecule has 1 amide bonds. The van der Waals surface area contributed by atoms with Crippen molar-refractivity contribution >= 4 is 23.5 Å². The van der Waals surface area contributed by atoms with Crippen LogP contribution in [0.2, 0.25) is 0 Å². The van der Waals surface area contributed by atoms with Crippen molar-refractivity contribution in [2.24, 2.45) is 0 Å². The molecule has 0 aromatic carbocycles. The van der Waals surface area contributed by atoms with E-state index in [1.165, 1.54) is 0 Å². The molecule has 2 atom stereocenters. The second-order valence-corrected chi connectivity index (χ2v) is 9.21. The topological polar surface area (TPSA) is 98.1 Å². The van der Waals surface area contributed by atoms with Gasteiger partial charge in [0.25, 0.3) is 0 Å². The van der Waals surface area contributed by atoms with Gasteiger partial charge in [-0.25, -0.2) is 9.78 Å². The molecule has 1 aliphatic heterocycles. The van der Waals surface area contributed by atoms with Crippen LogP contribution >= 0.6 is 0 Å². The first-order chi connectivity index (χ1) is 15.1. The highest BCUT2D eigenvalue weighted by molar-refractivity contribution is 5.81. The average molecular weight is 446 g/mol. The lowest BCUT2D eigenvalue weighted by molar-refractivity contribution is -0.145. The highest BCUT2D eigenvalue weighted by Crippen LogP contribution is 2.36. The number of fused-ring (bicyclic) bond motifs is 1. The van der Waals surface area contributed by atoms with E-state index in [0.717, 1.165) is 35.6 Å². The van der Waals surface area contributed by atoms with Gasteiger partial charge in [-0.1, -0.05) is 13.3 Å². The summed E-state index contributed by atoms with van der Waals surface area (Å²) >= 11 is 0. The largest absolute Gasteiger partial charge is 0.466 e. The predicted molar refractivity (Wildman–Crippen MR) is 122 cm³/mol. The van der Waals surface area contributed by atoms with Crippen molar-refractivity contribution < 1.29 is 19.1 Å². The van der Waals surface area contributed by atoms with Gasteiger partial charge in [-0.15, -0.1) is 0 Å². The number of nitrogens with zero attached hydrogens (tertiary/aromatic N) is 4. The lowest BCUT2D eigenvalue weighted by Crippen LogP contribution is -2.41. The Morgan fingerprint density at radius 1 is 1.31 bits per heavy atom. The fourth-order valence-corrected chi connectivity index (χ4v) is 4.22. The van der Waals surface area contributed by atoms with Crippen molar-refractivity contribution in [3.05, 3.63) is 23.5 Å². The van der Waals surface area contributed by atoms with Crippen LogP contribution in [-0.2, 0) is 14.3 Å². The molecule has 0 aliphatic carbocycles. The van der Waals surface area contributed by atoms with Crippen molar-refractivity contribution in [1.29, 1.82) is 0 Å². The summed E-state index contributed by atoms with van der Waals surface area (Å²) in [4.78, 5) is 32.0. The maximum absolute atomic E-state index is 12.9. The third kappa shape index (κ3) is 5.31. The number of aromatic nitrogens is 3. The lowest BCUT2D eigenvalue weighted by Gasteiger charge is -2.27. The van der Waals surface area contributed by atoms with Gasteiger partial charge in [0.05, 0.1) is 24.8 Å². The van der Waals surface area contributed by atoms with E-state index in [1.807, 2.05) is 40.7 Å². The molecular weight excluding hydrogens is 410 g/mol. The van der Waals surface area contributed by atoms with Crippen molar-refractivity contribution in [1.82, 2.24) is 19.9 Å². The number of rotatable bonds is 7. The van der Waals surface area contributed by atoms with E-state index in [9.17, 15) is 9.59 Å². The van der Waals surface area contributed by atoms with Gasteiger partial charge in [0, 0.05) is 30.4 Å². The number of anilines is 1. The van der Waals surface area contributed by atoms with Gasteiger partial charge < -0.3 is 19.7 Å². The van der Waals surface area contributed by atoms with Crippen molar-refractivity contribution in [3.63, 3.8) is 0 Å². The first kappa shape index (κ1) is 23.8. The van der Waals surface area contributed by atoms with Crippen molar-refractivity contribution in [2.75, 3.05) is 24.6 Å². The molecule has 0 saturated carbocycles. The molecule has 9 heteroatoms. The summed E-state index contributed by atoms with van der Waals surface area (Å²) in [7, 11) is 0. The van der Waals surface area contributed by atoms with Crippen molar-refractivity contribution in [3.8, 4) is 0 Å². The Balaban J connectivity index is 1.95. The van der Waals surface area contributed by atoms with E-state index < -0.39 is 17.6 Å².